The summed E-state index contributed by atoms with van der Waals surface area (Å²) in [6.07, 6.45) is 3.45. The summed E-state index contributed by atoms with van der Waals surface area (Å²) in [5.74, 6) is 1.38. The third-order valence-corrected chi connectivity index (χ3v) is 4.66. The lowest BCUT2D eigenvalue weighted by Crippen LogP contribution is -2.30. The van der Waals surface area contributed by atoms with E-state index < -0.39 is 0 Å². The highest BCUT2D eigenvalue weighted by Crippen LogP contribution is 2.25. The molecule has 0 saturated heterocycles. The number of halogens is 1. The van der Waals surface area contributed by atoms with Crippen LogP contribution in [0.15, 0.2) is 36.5 Å². The summed E-state index contributed by atoms with van der Waals surface area (Å²) in [6, 6.07) is 9.45. The van der Waals surface area contributed by atoms with E-state index in [4.69, 9.17) is 16.3 Å². The average Bonchev–Trinajstić information content (AvgIpc) is 3.04. The summed E-state index contributed by atoms with van der Waals surface area (Å²) in [6.45, 7) is 4.36. The van der Waals surface area contributed by atoms with E-state index in [1.54, 1.807) is 0 Å². The van der Waals surface area contributed by atoms with Crippen LogP contribution in [0.25, 0.3) is 5.65 Å². The normalized spacial score (nSPS) is 10.9. The number of hydrogen-bond acceptors (Lipinski definition) is 4. The Balaban J connectivity index is 1.42. The van der Waals surface area contributed by atoms with E-state index in [0.29, 0.717) is 12.3 Å². The predicted molar refractivity (Wildman–Crippen MR) is 101 cm³/mol. The molecule has 0 aliphatic rings. The standard InChI is InChI=1S/C19H21ClN4O2/c1-13-10-15(11-14(2)19(13)20)26-12-18(25)21-8-5-7-17-23-22-16-6-3-4-9-24(16)17/h3-4,6,9-11H,5,7-8,12H2,1-2H3,(H,21,25). The minimum absolute atomic E-state index is 0.0195. The van der Waals surface area contributed by atoms with E-state index in [-0.39, 0.29) is 12.5 Å². The van der Waals surface area contributed by atoms with Crippen LogP contribution in [-0.4, -0.2) is 33.7 Å². The summed E-state index contributed by atoms with van der Waals surface area (Å²) in [5.41, 5.74) is 2.69. The van der Waals surface area contributed by atoms with Crippen LogP contribution in [0.3, 0.4) is 0 Å². The van der Waals surface area contributed by atoms with Crippen LogP contribution in [0.2, 0.25) is 5.02 Å². The van der Waals surface area contributed by atoms with Gasteiger partial charge in [0.25, 0.3) is 5.91 Å². The predicted octanol–water partition coefficient (Wildman–Crippen LogP) is 3.13. The van der Waals surface area contributed by atoms with Crippen molar-refractivity contribution in [1.29, 1.82) is 0 Å². The smallest absolute Gasteiger partial charge is 0.257 e. The summed E-state index contributed by atoms with van der Waals surface area (Å²) in [4.78, 5) is 11.9. The summed E-state index contributed by atoms with van der Waals surface area (Å²) < 4.78 is 7.50. The van der Waals surface area contributed by atoms with Crippen LogP contribution in [0.5, 0.6) is 5.75 Å². The van der Waals surface area contributed by atoms with E-state index in [0.717, 1.165) is 40.5 Å². The van der Waals surface area contributed by atoms with Crippen LogP contribution >= 0.6 is 11.6 Å². The maximum atomic E-state index is 11.9. The quantitative estimate of drug-likeness (QED) is 0.647. The highest BCUT2D eigenvalue weighted by Gasteiger charge is 2.07. The van der Waals surface area contributed by atoms with Crippen LogP contribution in [0.1, 0.15) is 23.4 Å². The van der Waals surface area contributed by atoms with E-state index in [1.807, 2.05) is 54.8 Å². The number of benzene rings is 1. The fourth-order valence-electron chi connectivity index (χ4n) is 2.73. The molecule has 1 amide bonds. The molecular formula is C19H21ClN4O2. The second-order valence-corrected chi connectivity index (χ2v) is 6.54. The van der Waals surface area contributed by atoms with Crippen molar-refractivity contribution >= 4 is 23.2 Å². The Morgan fingerprint density at radius 1 is 1.23 bits per heavy atom. The molecule has 136 valence electrons. The Morgan fingerprint density at radius 2 is 2.00 bits per heavy atom. The van der Waals surface area contributed by atoms with Crippen LogP contribution in [0.4, 0.5) is 0 Å². The summed E-state index contributed by atoms with van der Waals surface area (Å²) >= 11 is 6.13. The molecule has 0 bridgehead atoms. The van der Waals surface area contributed by atoms with Crippen molar-refractivity contribution in [1.82, 2.24) is 19.9 Å². The number of pyridine rings is 1. The van der Waals surface area contributed by atoms with Gasteiger partial charge in [-0.15, -0.1) is 10.2 Å². The minimum Gasteiger partial charge on any atom is -0.484 e. The lowest BCUT2D eigenvalue weighted by molar-refractivity contribution is -0.123. The number of aromatic nitrogens is 3. The molecule has 0 aliphatic heterocycles. The Morgan fingerprint density at radius 3 is 2.77 bits per heavy atom. The van der Waals surface area contributed by atoms with Crippen LogP contribution in [-0.2, 0) is 11.2 Å². The zero-order chi connectivity index (χ0) is 18.5. The number of nitrogens with zero attached hydrogens (tertiary/aromatic N) is 3. The lowest BCUT2D eigenvalue weighted by atomic mass is 10.1. The van der Waals surface area contributed by atoms with Gasteiger partial charge in [-0.05, 0) is 55.7 Å². The topological polar surface area (TPSA) is 68.5 Å². The molecule has 0 saturated carbocycles. The van der Waals surface area contributed by atoms with Crippen LogP contribution in [0, 0.1) is 13.8 Å². The number of carbonyl (C=O) groups excluding carboxylic acids is 1. The average molecular weight is 373 g/mol. The molecule has 1 N–H and O–H groups in total. The number of ether oxygens (including phenoxy) is 1. The molecule has 0 fully saturated rings. The molecule has 7 heteroatoms. The molecule has 2 aromatic heterocycles. The van der Waals surface area contributed by atoms with Crippen LogP contribution < -0.4 is 10.1 Å². The monoisotopic (exact) mass is 372 g/mol. The van der Waals surface area contributed by atoms with E-state index >= 15 is 0 Å². The van der Waals surface area contributed by atoms with Crippen molar-refractivity contribution in [2.24, 2.45) is 0 Å². The maximum absolute atomic E-state index is 11.9. The number of carbonyl (C=O) groups is 1. The Kier molecular flexibility index (Phi) is 5.73. The van der Waals surface area contributed by atoms with Gasteiger partial charge in [0.1, 0.15) is 11.6 Å². The van der Waals surface area contributed by atoms with Gasteiger partial charge in [-0.2, -0.15) is 0 Å². The third-order valence-electron chi connectivity index (χ3n) is 4.06. The van der Waals surface area contributed by atoms with Crippen molar-refractivity contribution < 1.29 is 9.53 Å². The highest BCUT2D eigenvalue weighted by molar-refractivity contribution is 6.32. The molecule has 0 aliphatic carbocycles. The van der Waals surface area contributed by atoms with Gasteiger partial charge < -0.3 is 10.1 Å². The van der Waals surface area contributed by atoms with Crippen molar-refractivity contribution in [2.45, 2.75) is 26.7 Å². The van der Waals surface area contributed by atoms with Crippen molar-refractivity contribution in [3.05, 3.63) is 58.5 Å². The van der Waals surface area contributed by atoms with Crippen molar-refractivity contribution in [2.75, 3.05) is 13.2 Å². The van der Waals surface area contributed by atoms with Gasteiger partial charge >= 0.3 is 0 Å². The number of rotatable bonds is 7. The molecule has 26 heavy (non-hydrogen) atoms. The number of nitrogens with one attached hydrogen (secondary N) is 1. The molecule has 0 spiro atoms. The third kappa shape index (κ3) is 4.32. The number of hydrogen-bond donors (Lipinski definition) is 1. The SMILES string of the molecule is Cc1cc(OCC(=O)NCCCc2nnc3ccccn23)cc(C)c1Cl. The van der Waals surface area contributed by atoms with Gasteiger partial charge in [-0.1, -0.05) is 17.7 Å². The molecule has 2 heterocycles. The minimum atomic E-state index is -0.152. The first-order chi connectivity index (χ1) is 12.5. The van der Waals surface area contributed by atoms with Gasteiger partial charge in [0.2, 0.25) is 0 Å². The molecular weight excluding hydrogens is 352 g/mol. The van der Waals surface area contributed by atoms with E-state index in [1.165, 1.54) is 0 Å². The second kappa shape index (κ2) is 8.19. The Bertz CT molecular complexity index is 900. The molecule has 0 radical (unpaired) electrons. The first-order valence-corrected chi connectivity index (χ1v) is 8.87. The van der Waals surface area contributed by atoms with Gasteiger partial charge in [0, 0.05) is 24.2 Å². The number of amides is 1. The summed E-state index contributed by atoms with van der Waals surface area (Å²) in [5, 5.41) is 11.9. The first-order valence-electron chi connectivity index (χ1n) is 8.49. The van der Waals surface area contributed by atoms with Gasteiger partial charge in [0.05, 0.1) is 0 Å². The molecule has 1 aromatic carbocycles. The second-order valence-electron chi connectivity index (χ2n) is 6.16. The van der Waals surface area contributed by atoms with Gasteiger partial charge in [-0.25, -0.2) is 0 Å². The highest BCUT2D eigenvalue weighted by atomic mass is 35.5. The Hall–Kier alpha value is -2.60. The van der Waals surface area contributed by atoms with Gasteiger partial charge in [0.15, 0.2) is 12.3 Å². The molecule has 0 atom stereocenters. The summed E-state index contributed by atoms with van der Waals surface area (Å²) in [7, 11) is 0. The zero-order valence-electron chi connectivity index (χ0n) is 14.8. The molecule has 6 nitrogen and oxygen atoms in total. The largest absolute Gasteiger partial charge is 0.484 e. The van der Waals surface area contributed by atoms with Gasteiger partial charge in [-0.3, -0.25) is 9.20 Å². The zero-order valence-corrected chi connectivity index (χ0v) is 15.6. The molecule has 0 unspecified atom stereocenters. The lowest BCUT2D eigenvalue weighted by Gasteiger charge is -2.10. The first kappa shape index (κ1) is 18.2. The van der Waals surface area contributed by atoms with Crippen molar-refractivity contribution in [3.8, 4) is 5.75 Å². The molecule has 3 aromatic rings. The van der Waals surface area contributed by atoms with E-state index in [9.17, 15) is 4.79 Å². The number of fused-ring (bicyclic) bond motifs is 1. The van der Waals surface area contributed by atoms with E-state index in [2.05, 4.69) is 15.5 Å². The fourth-order valence-corrected chi connectivity index (χ4v) is 2.83. The Labute approximate surface area is 157 Å². The van der Waals surface area contributed by atoms with Crippen molar-refractivity contribution in [3.63, 3.8) is 0 Å². The molecule has 3 rings (SSSR count). The fraction of sp³-hybridized carbons (Fsp3) is 0.316. The number of aryl methyl sites for hydroxylation is 3. The maximum Gasteiger partial charge on any atom is 0.257 e.